The molecule has 0 amide bonds. The van der Waals surface area contributed by atoms with Crippen molar-refractivity contribution in [2.24, 2.45) is 0 Å². The van der Waals surface area contributed by atoms with Gasteiger partial charge in [-0.15, -0.1) is 11.3 Å². The summed E-state index contributed by atoms with van der Waals surface area (Å²) in [6.45, 7) is 8.83. The quantitative estimate of drug-likeness (QED) is 0.586. The molecule has 0 aromatic carbocycles. The van der Waals surface area contributed by atoms with E-state index in [2.05, 4.69) is 35.1 Å². The molecule has 0 aliphatic heterocycles. The largest absolute Gasteiger partial charge is 0.395 e. The van der Waals surface area contributed by atoms with Crippen molar-refractivity contribution in [1.29, 1.82) is 0 Å². The number of aliphatic hydroxyl groups excluding tert-OH is 1. The van der Waals surface area contributed by atoms with Gasteiger partial charge in [-0.05, 0) is 19.5 Å². The van der Waals surface area contributed by atoms with Crippen LogP contribution in [0.1, 0.15) is 30.7 Å². The van der Waals surface area contributed by atoms with Gasteiger partial charge in [-0.1, -0.05) is 18.8 Å². The van der Waals surface area contributed by atoms with Crippen LogP contribution in [-0.4, -0.2) is 42.9 Å². The van der Waals surface area contributed by atoms with Crippen molar-refractivity contribution in [3.05, 3.63) is 21.9 Å². The van der Waals surface area contributed by atoms with Crippen molar-refractivity contribution < 1.29 is 9.84 Å². The second kappa shape index (κ2) is 9.99. The topological polar surface area (TPSA) is 32.7 Å². The SMILES string of the molecule is CCOCCN(CC)Cc1cc(C#CCCO)cs1. The first-order valence-electron chi connectivity index (χ1n) is 6.77. The van der Waals surface area contributed by atoms with Crippen LogP contribution in [0.15, 0.2) is 11.4 Å². The number of hydrogen-bond donors (Lipinski definition) is 1. The van der Waals surface area contributed by atoms with Gasteiger partial charge in [0, 0.05) is 41.9 Å². The van der Waals surface area contributed by atoms with Crippen molar-refractivity contribution in [3.8, 4) is 11.8 Å². The Morgan fingerprint density at radius 3 is 2.95 bits per heavy atom. The van der Waals surface area contributed by atoms with Crippen LogP contribution in [-0.2, 0) is 11.3 Å². The van der Waals surface area contributed by atoms with Gasteiger partial charge < -0.3 is 9.84 Å². The summed E-state index contributed by atoms with van der Waals surface area (Å²) in [4.78, 5) is 3.69. The Kier molecular flexibility index (Phi) is 8.52. The molecule has 3 nitrogen and oxygen atoms in total. The Morgan fingerprint density at radius 1 is 1.42 bits per heavy atom. The summed E-state index contributed by atoms with van der Waals surface area (Å²) in [6.07, 6.45) is 0.542. The normalized spacial score (nSPS) is 10.5. The lowest BCUT2D eigenvalue weighted by Crippen LogP contribution is -2.26. The van der Waals surface area contributed by atoms with Gasteiger partial charge >= 0.3 is 0 Å². The highest BCUT2D eigenvalue weighted by molar-refractivity contribution is 7.10. The van der Waals surface area contributed by atoms with Gasteiger partial charge in [0.25, 0.3) is 0 Å². The molecule has 106 valence electrons. The van der Waals surface area contributed by atoms with Crippen LogP contribution in [0.2, 0.25) is 0 Å². The highest BCUT2D eigenvalue weighted by Gasteiger charge is 2.05. The molecule has 0 unspecified atom stereocenters. The Bertz CT molecular complexity index is 406. The Labute approximate surface area is 120 Å². The van der Waals surface area contributed by atoms with E-state index in [1.165, 1.54) is 4.88 Å². The van der Waals surface area contributed by atoms with Gasteiger partial charge in [0.15, 0.2) is 0 Å². The smallest absolute Gasteiger partial charge is 0.0593 e. The second-order valence-corrected chi connectivity index (χ2v) is 5.14. The summed E-state index contributed by atoms with van der Waals surface area (Å²) in [5.74, 6) is 6.01. The minimum Gasteiger partial charge on any atom is -0.395 e. The third kappa shape index (κ3) is 6.74. The van der Waals surface area contributed by atoms with Gasteiger partial charge in [0.05, 0.1) is 13.2 Å². The number of likely N-dealkylation sites (N-methyl/N-ethyl adjacent to an activating group) is 1. The third-order valence-corrected chi connectivity index (χ3v) is 3.63. The summed E-state index contributed by atoms with van der Waals surface area (Å²) >= 11 is 1.74. The molecule has 0 saturated carbocycles. The minimum absolute atomic E-state index is 0.130. The van der Waals surface area contributed by atoms with E-state index in [-0.39, 0.29) is 6.61 Å². The summed E-state index contributed by atoms with van der Waals surface area (Å²) < 4.78 is 5.39. The Hall–Kier alpha value is -0.860. The average molecular weight is 281 g/mol. The second-order valence-electron chi connectivity index (χ2n) is 4.14. The van der Waals surface area contributed by atoms with Crippen LogP contribution in [0, 0.1) is 11.8 Å². The van der Waals surface area contributed by atoms with Crippen LogP contribution >= 0.6 is 11.3 Å². The number of thiophene rings is 1. The van der Waals surface area contributed by atoms with E-state index in [9.17, 15) is 0 Å². The van der Waals surface area contributed by atoms with Crippen LogP contribution < -0.4 is 0 Å². The Balaban J connectivity index is 2.45. The minimum atomic E-state index is 0.130. The molecule has 0 bridgehead atoms. The lowest BCUT2D eigenvalue weighted by molar-refractivity contribution is 0.113. The predicted molar refractivity (Wildman–Crippen MR) is 80.3 cm³/mol. The van der Waals surface area contributed by atoms with E-state index in [4.69, 9.17) is 9.84 Å². The maximum Gasteiger partial charge on any atom is 0.0593 e. The fourth-order valence-electron chi connectivity index (χ4n) is 1.66. The lowest BCUT2D eigenvalue weighted by atomic mass is 10.3. The monoisotopic (exact) mass is 281 g/mol. The molecule has 0 radical (unpaired) electrons. The molecule has 0 saturated heterocycles. The maximum atomic E-state index is 8.68. The standard InChI is InChI=1S/C15H23NO2S/c1-3-16(8-10-18-4-2)12-15-11-14(13-19-15)7-5-6-9-17/h11,13,17H,3-4,6,8-10,12H2,1-2H3. The molecule has 1 aromatic rings. The molecule has 0 aliphatic carbocycles. The molecule has 0 spiro atoms. The summed E-state index contributed by atoms with van der Waals surface area (Å²) in [5, 5.41) is 10.8. The first kappa shape index (κ1) is 16.2. The van der Waals surface area contributed by atoms with Crippen LogP contribution in [0.25, 0.3) is 0 Å². The molecular weight excluding hydrogens is 258 g/mol. The number of aliphatic hydroxyl groups is 1. The van der Waals surface area contributed by atoms with E-state index in [0.29, 0.717) is 6.42 Å². The first-order chi connectivity index (χ1) is 9.30. The molecule has 19 heavy (non-hydrogen) atoms. The molecule has 1 N–H and O–H groups in total. The Morgan fingerprint density at radius 2 is 2.26 bits per heavy atom. The van der Waals surface area contributed by atoms with Crippen molar-refractivity contribution in [2.75, 3.05) is 32.9 Å². The van der Waals surface area contributed by atoms with E-state index in [1.807, 2.05) is 6.92 Å². The molecule has 1 aromatic heterocycles. The average Bonchev–Trinajstić information content (AvgIpc) is 2.86. The predicted octanol–water partition coefficient (Wildman–Crippen LogP) is 2.34. The zero-order chi connectivity index (χ0) is 13.9. The van der Waals surface area contributed by atoms with Crippen LogP contribution in [0.3, 0.4) is 0 Å². The van der Waals surface area contributed by atoms with Crippen molar-refractivity contribution in [1.82, 2.24) is 4.90 Å². The summed E-state index contributed by atoms with van der Waals surface area (Å²) in [6, 6.07) is 2.14. The molecule has 0 fully saturated rings. The third-order valence-electron chi connectivity index (χ3n) is 2.71. The lowest BCUT2D eigenvalue weighted by Gasteiger charge is -2.19. The molecule has 1 heterocycles. The first-order valence-corrected chi connectivity index (χ1v) is 7.65. The number of hydrogen-bond acceptors (Lipinski definition) is 4. The highest BCUT2D eigenvalue weighted by Crippen LogP contribution is 2.16. The van der Waals surface area contributed by atoms with E-state index >= 15 is 0 Å². The van der Waals surface area contributed by atoms with Crippen LogP contribution in [0.5, 0.6) is 0 Å². The molecular formula is C15H23NO2S. The molecule has 1 rings (SSSR count). The van der Waals surface area contributed by atoms with Crippen molar-refractivity contribution in [3.63, 3.8) is 0 Å². The maximum absolute atomic E-state index is 8.68. The van der Waals surface area contributed by atoms with Gasteiger partial charge in [0.2, 0.25) is 0 Å². The fraction of sp³-hybridized carbons (Fsp3) is 0.600. The zero-order valence-electron chi connectivity index (χ0n) is 11.8. The van der Waals surface area contributed by atoms with E-state index in [0.717, 1.165) is 38.4 Å². The van der Waals surface area contributed by atoms with E-state index < -0.39 is 0 Å². The molecule has 0 aliphatic rings. The van der Waals surface area contributed by atoms with Crippen LogP contribution in [0.4, 0.5) is 0 Å². The molecule has 0 atom stereocenters. The highest BCUT2D eigenvalue weighted by atomic mass is 32.1. The summed E-state index contributed by atoms with van der Waals surface area (Å²) in [7, 11) is 0. The molecule has 4 heteroatoms. The number of ether oxygens (including phenoxy) is 1. The van der Waals surface area contributed by atoms with Gasteiger partial charge in [-0.3, -0.25) is 4.90 Å². The number of nitrogens with zero attached hydrogens (tertiary/aromatic N) is 1. The van der Waals surface area contributed by atoms with Gasteiger partial charge in [-0.25, -0.2) is 0 Å². The van der Waals surface area contributed by atoms with Crippen molar-refractivity contribution in [2.45, 2.75) is 26.8 Å². The van der Waals surface area contributed by atoms with Gasteiger partial charge in [0.1, 0.15) is 0 Å². The number of rotatable bonds is 8. The van der Waals surface area contributed by atoms with Gasteiger partial charge in [-0.2, -0.15) is 0 Å². The summed E-state index contributed by atoms with van der Waals surface area (Å²) in [5.41, 5.74) is 1.05. The van der Waals surface area contributed by atoms with Crippen molar-refractivity contribution >= 4 is 11.3 Å². The zero-order valence-corrected chi connectivity index (χ0v) is 12.6. The fourth-order valence-corrected chi connectivity index (χ4v) is 2.51. The van der Waals surface area contributed by atoms with E-state index in [1.54, 1.807) is 11.3 Å².